The Labute approximate surface area is 126 Å². The second-order valence-electron chi connectivity index (χ2n) is 5.75. The molecule has 4 nitrogen and oxygen atoms in total. The number of ether oxygens (including phenoxy) is 2. The van der Waals surface area contributed by atoms with Crippen LogP contribution >= 0.6 is 0 Å². The van der Waals surface area contributed by atoms with Gasteiger partial charge in [-0.25, -0.2) is 0 Å². The summed E-state index contributed by atoms with van der Waals surface area (Å²) in [4.78, 5) is 12.1. The molecule has 1 fully saturated rings. The molecule has 0 heterocycles. The van der Waals surface area contributed by atoms with Gasteiger partial charge >= 0.3 is 0 Å². The molecule has 0 spiro atoms. The van der Waals surface area contributed by atoms with Crippen LogP contribution in [0.4, 0.5) is 0 Å². The topological polar surface area (TPSA) is 47.6 Å². The fourth-order valence-electron chi connectivity index (χ4n) is 3.03. The first kappa shape index (κ1) is 15.7. The highest BCUT2D eigenvalue weighted by molar-refractivity contribution is 5.76. The number of carbonyl (C=O) groups is 1. The molecule has 4 heteroatoms. The summed E-state index contributed by atoms with van der Waals surface area (Å²) in [5.74, 6) is 2.19. The molecule has 0 aliphatic heterocycles. The Morgan fingerprint density at radius 2 is 2.00 bits per heavy atom. The Balaban J connectivity index is 1.98. The summed E-state index contributed by atoms with van der Waals surface area (Å²) in [7, 11) is 3.26. The van der Waals surface area contributed by atoms with Gasteiger partial charge in [0, 0.05) is 18.1 Å². The summed E-state index contributed by atoms with van der Waals surface area (Å²) in [5, 5.41) is 3.08. The monoisotopic (exact) mass is 291 g/mol. The SMILES string of the molecule is COc1ccc(C(C)NC(=O)CC2CCCC2)c(OC)c1. The van der Waals surface area contributed by atoms with E-state index < -0.39 is 0 Å². The molecule has 21 heavy (non-hydrogen) atoms. The third-order valence-corrected chi connectivity index (χ3v) is 4.23. The van der Waals surface area contributed by atoms with Gasteiger partial charge in [0.05, 0.1) is 20.3 Å². The Hall–Kier alpha value is -1.71. The number of methoxy groups -OCH3 is 2. The third kappa shape index (κ3) is 4.13. The average Bonchev–Trinajstić information content (AvgIpc) is 2.99. The molecule has 0 radical (unpaired) electrons. The smallest absolute Gasteiger partial charge is 0.220 e. The van der Waals surface area contributed by atoms with Gasteiger partial charge in [0.2, 0.25) is 5.91 Å². The molecule has 1 amide bonds. The first-order chi connectivity index (χ1) is 10.1. The highest BCUT2D eigenvalue weighted by atomic mass is 16.5. The molecule has 2 rings (SSSR count). The Morgan fingerprint density at radius 3 is 2.62 bits per heavy atom. The highest BCUT2D eigenvalue weighted by Gasteiger charge is 2.20. The molecule has 116 valence electrons. The van der Waals surface area contributed by atoms with E-state index in [1.54, 1.807) is 14.2 Å². The zero-order valence-corrected chi connectivity index (χ0v) is 13.1. The van der Waals surface area contributed by atoms with E-state index >= 15 is 0 Å². The van der Waals surface area contributed by atoms with Crippen molar-refractivity contribution in [3.63, 3.8) is 0 Å². The van der Waals surface area contributed by atoms with Crippen molar-refractivity contribution in [3.05, 3.63) is 23.8 Å². The van der Waals surface area contributed by atoms with E-state index in [1.807, 2.05) is 25.1 Å². The van der Waals surface area contributed by atoms with Gasteiger partial charge in [-0.05, 0) is 37.8 Å². The molecule has 0 bridgehead atoms. The minimum atomic E-state index is -0.0697. The van der Waals surface area contributed by atoms with E-state index in [2.05, 4.69) is 5.32 Å². The molecule has 0 saturated heterocycles. The number of benzene rings is 1. The Morgan fingerprint density at radius 1 is 1.29 bits per heavy atom. The van der Waals surface area contributed by atoms with Crippen molar-refractivity contribution >= 4 is 5.91 Å². The van der Waals surface area contributed by atoms with E-state index in [4.69, 9.17) is 9.47 Å². The first-order valence-corrected chi connectivity index (χ1v) is 7.65. The van der Waals surface area contributed by atoms with Crippen LogP contribution in [0.25, 0.3) is 0 Å². The van der Waals surface area contributed by atoms with Crippen LogP contribution in [0.15, 0.2) is 18.2 Å². The van der Waals surface area contributed by atoms with Crippen LogP contribution in [-0.4, -0.2) is 20.1 Å². The first-order valence-electron chi connectivity index (χ1n) is 7.65. The van der Waals surface area contributed by atoms with Crippen LogP contribution in [0.5, 0.6) is 11.5 Å². The van der Waals surface area contributed by atoms with Gasteiger partial charge < -0.3 is 14.8 Å². The van der Waals surface area contributed by atoms with Crippen molar-refractivity contribution in [2.24, 2.45) is 5.92 Å². The predicted molar refractivity (Wildman–Crippen MR) is 82.7 cm³/mol. The van der Waals surface area contributed by atoms with Crippen LogP contribution < -0.4 is 14.8 Å². The lowest BCUT2D eigenvalue weighted by atomic mass is 10.0. The lowest BCUT2D eigenvalue weighted by molar-refractivity contribution is -0.122. The summed E-state index contributed by atoms with van der Waals surface area (Å²) in [6, 6.07) is 5.60. The van der Waals surface area contributed by atoms with Crippen LogP contribution in [0.2, 0.25) is 0 Å². The lowest BCUT2D eigenvalue weighted by Gasteiger charge is -2.19. The van der Waals surface area contributed by atoms with Crippen molar-refractivity contribution in [3.8, 4) is 11.5 Å². The third-order valence-electron chi connectivity index (χ3n) is 4.23. The number of amides is 1. The maximum Gasteiger partial charge on any atom is 0.220 e. The number of nitrogens with one attached hydrogen (secondary N) is 1. The van der Waals surface area contributed by atoms with Gasteiger partial charge in [-0.1, -0.05) is 12.8 Å². The molecule has 1 aliphatic carbocycles. The van der Waals surface area contributed by atoms with E-state index in [-0.39, 0.29) is 11.9 Å². The summed E-state index contributed by atoms with van der Waals surface area (Å²) in [6.45, 7) is 1.98. The normalized spacial score (nSPS) is 16.5. The van der Waals surface area contributed by atoms with Gasteiger partial charge in [-0.15, -0.1) is 0 Å². The van der Waals surface area contributed by atoms with Gasteiger partial charge in [0.1, 0.15) is 11.5 Å². The zero-order chi connectivity index (χ0) is 15.2. The van der Waals surface area contributed by atoms with Crippen LogP contribution in [0, 0.1) is 5.92 Å². The average molecular weight is 291 g/mol. The number of rotatable bonds is 6. The van der Waals surface area contributed by atoms with E-state index in [1.165, 1.54) is 25.7 Å². The second kappa shape index (κ2) is 7.34. The minimum absolute atomic E-state index is 0.0697. The summed E-state index contributed by atoms with van der Waals surface area (Å²) < 4.78 is 10.6. The van der Waals surface area contributed by atoms with Gasteiger partial charge in [0.15, 0.2) is 0 Å². The summed E-state index contributed by atoms with van der Waals surface area (Å²) >= 11 is 0. The van der Waals surface area contributed by atoms with Crippen molar-refractivity contribution in [1.82, 2.24) is 5.32 Å². The number of hydrogen-bond donors (Lipinski definition) is 1. The molecule has 1 unspecified atom stereocenters. The predicted octanol–water partition coefficient (Wildman–Crippen LogP) is 3.46. The fourth-order valence-corrected chi connectivity index (χ4v) is 3.03. The van der Waals surface area contributed by atoms with Gasteiger partial charge in [-0.3, -0.25) is 4.79 Å². The lowest BCUT2D eigenvalue weighted by Crippen LogP contribution is -2.28. The largest absolute Gasteiger partial charge is 0.497 e. The van der Waals surface area contributed by atoms with E-state index in [9.17, 15) is 4.79 Å². The zero-order valence-electron chi connectivity index (χ0n) is 13.1. The van der Waals surface area contributed by atoms with Gasteiger partial charge in [0.25, 0.3) is 0 Å². The Kier molecular flexibility index (Phi) is 5.48. The molecule has 1 saturated carbocycles. The molecular formula is C17H25NO3. The highest BCUT2D eigenvalue weighted by Crippen LogP contribution is 2.30. The standard InChI is InChI=1S/C17H25NO3/c1-12(18-17(19)10-13-6-4-5-7-13)15-9-8-14(20-2)11-16(15)21-3/h8-9,11-13H,4-7,10H2,1-3H3,(H,18,19). The summed E-state index contributed by atoms with van der Waals surface area (Å²) in [5.41, 5.74) is 0.970. The second-order valence-corrected chi connectivity index (χ2v) is 5.75. The maximum atomic E-state index is 12.1. The summed E-state index contributed by atoms with van der Waals surface area (Å²) in [6.07, 6.45) is 5.55. The van der Waals surface area contributed by atoms with Crippen LogP contribution in [0.1, 0.15) is 50.6 Å². The van der Waals surface area contributed by atoms with Gasteiger partial charge in [-0.2, -0.15) is 0 Å². The number of hydrogen-bond acceptors (Lipinski definition) is 3. The van der Waals surface area contributed by atoms with Crippen LogP contribution in [0.3, 0.4) is 0 Å². The molecule has 1 aliphatic rings. The fraction of sp³-hybridized carbons (Fsp3) is 0.588. The maximum absolute atomic E-state index is 12.1. The van der Waals surface area contributed by atoms with E-state index in [0.717, 1.165) is 17.1 Å². The van der Waals surface area contributed by atoms with Crippen molar-refractivity contribution in [1.29, 1.82) is 0 Å². The molecule has 1 atom stereocenters. The quantitative estimate of drug-likeness (QED) is 0.873. The molecule has 1 N–H and O–H groups in total. The molecule has 1 aromatic rings. The molecule has 1 aromatic carbocycles. The Bertz CT molecular complexity index is 481. The number of carbonyl (C=O) groups excluding carboxylic acids is 1. The van der Waals surface area contributed by atoms with Crippen molar-refractivity contribution in [2.45, 2.75) is 45.1 Å². The minimum Gasteiger partial charge on any atom is -0.497 e. The molecular weight excluding hydrogens is 266 g/mol. The van der Waals surface area contributed by atoms with E-state index in [0.29, 0.717) is 12.3 Å². The van der Waals surface area contributed by atoms with Crippen molar-refractivity contribution < 1.29 is 14.3 Å². The van der Waals surface area contributed by atoms with Crippen molar-refractivity contribution in [2.75, 3.05) is 14.2 Å². The van der Waals surface area contributed by atoms with Crippen LogP contribution in [-0.2, 0) is 4.79 Å². The molecule has 0 aromatic heterocycles.